The van der Waals surface area contributed by atoms with E-state index in [-0.39, 0.29) is 11.8 Å². The van der Waals surface area contributed by atoms with Crippen molar-refractivity contribution in [3.63, 3.8) is 0 Å². The van der Waals surface area contributed by atoms with Crippen molar-refractivity contribution in [2.75, 3.05) is 18.8 Å². The molecule has 0 spiro atoms. The Kier molecular flexibility index (Phi) is 5.57. The van der Waals surface area contributed by atoms with E-state index in [2.05, 4.69) is 0 Å². The summed E-state index contributed by atoms with van der Waals surface area (Å²) >= 11 is 0. The topological polar surface area (TPSA) is 63.4 Å². The van der Waals surface area contributed by atoms with E-state index >= 15 is 0 Å². The molecule has 0 saturated heterocycles. The molecule has 0 bridgehead atoms. The molecule has 2 rings (SSSR count). The van der Waals surface area contributed by atoms with Crippen LogP contribution < -0.4 is 5.73 Å². The van der Waals surface area contributed by atoms with Crippen LogP contribution in [-0.4, -0.2) is 37.6 Å². The lowest BCUT2D eigenvalue weighted by molar-refractivity contribution is 0.218. The van der Waals surface area contributed by atoms with Crippen molar-refractivity contribution < 1.29 is 8.42 Å². The van der Waals surface area contributed by atoms with Crippen LogP contribution in [0.1, 0.15) is 31.2 Å². The Hall–Kier alpha value is -0.910. The third-order valence-electron chi connectivity index (χ3n) is 3.91. The largest absolute Gasteiger partial charge is 0.330 e. The summed E-state index contributed by atoms with van der Waals surface area (Å²) in [7, 11) is -3.18. The average molecular weight is 296 g/mol. The molecule has 0 heterocycles. The van der Waals surface area contributed by atoms with Crippen molar-refractivity contribution in [3.8, 4) is 0 Å². The second-order valence-corrected chi connectivity index (χ2v) is 7.43. The second kappa shape index (κ2) is 7.20. The number of nitrogens with zero attached hydrogens (tertiary/aromatic N) is 1. The van der Waals surface area contributed by atoms with E-state index < -0.39 is 10.0 Å². The van der Waals surface area contributed by atoms with Crippen LogP contribution in [0, 0.1) is 0 Å². The maximum atomic E-state index is 12.5. The van der Waals surface area contributed by atoms with Gasteiger partial charge in [-0.2, -0.15) is 4.31 Å². The second-order valence-electron chi connectivity index (χ2n) is 5.39. The van der Waals surface area contributed by atoms with Crippen LogP contribution >= 0.6 is 0 Å². The van der Waals surface area contributed by atoms with Gasteiger partial charge in [-0.1, -0.05) is 36.8 Å². The Morgan fingerprint density at radius 1 is 1.20 bits per heavy atom. The zero-order valence-electron chi connectivity index (χ0n) is 11.9. The van der Waals surface area contributed by atoms with Gasteiger partial charge in [0.25, 0.3) is 0 Å². The molecule has 1 aliphatic rings. The lowest BCUT2D eigenvalue weighted by Gasteiger charge is -2.36. The third-order valence-corrected chi connectivity index (χ3v) is 5.83. The van der Waals surface area contributed by atoms with Crippen LogP contribution in [0.5, 0.6) is 0 Å². The van der Waals surface area contributed by atoms with Gasteiger partial charge in [0.2, 0.25) is 10.0 Å². The van der Waals surface area contributed by atoms with Gasteiger partial charge >= 0.3 is 0 Å². The van der Waals surface area contributed by atoms with Crippen molar-refractivity contribution in [1.29, 1.82) is 0 Å². The molecule has 20 heavy (non-hydrogen) atoms. The smallest absolute Gasteiger partial charge is 0.214 e. The third kappa shape index (κ3) is 4.04. The molecule has 0 amide bonds. The van der Waals surface area contributed by atoms with Gasteiger partial charge in [-0.05, 0) is 37.8 Å². The minimum Gasteiger partial charge on any atom is -0.330 e. The number of aryl methyl sites for hydroxylation is 1. The Morgan fingerprint density at radius 2 is 1.90 bits per heavy atom. The van der Waals surface area contributed by atoms with Gasteiger partial charge in [0, 0.05) is 12.6 Å². The van der Waals surface area contributed by atoms with Crippen molar-refractivity contribution in [2.45, 2.75) is 38.1 Å². The van der Waals surface area contributed by atoms with E-state index in [4.69, 9.17) is 5.73 Å². The molecule has 1 aliphatic carbocycles. The first-order valence-electron chi connectivity index (χ1n) is 7.37. The number of hydrogen-bond acceptors (Lipinski definition) is 3. The molecule has 5 heteroatoms. The zero-order valence-corrected chi connectivity index (χ0v) is 12.7. The highest BCUT2D eigenvalue weighted by atomic mass is 32.2. The number of sulfonamides is 1. The molecule has 1 fully saturated rings. The molecule has 1 aromatic carbocycles. The summed E-state index contributed by atoms with van der Waals surface area (Å²) in [5.74, 6) is 0.193. The molecule has 0 unspecified atom stereocenters. The van der Waals surface area contributed by atoms with E-state index in [1.165, 1.54) is 0 Å². The van der Waals surface area contributed by atoms with Gasteiger partial charge in [-0.3, -0.25) is 0 Å². The highest BCUT2D eigenvalue weighted by Crippen LogP contribution is 2.27. The highest BCUT2D eigenvalue weighted by molar-refractivity contribution is 7.89. The maximum Gasteiger partial charge on any atom is 0.214 e. The lowest BCUT2D eigenvalue weighted by atomic mass is 9.93. The van der Waals surface area contributed by atoms with E-state index in [1.54, 1.807) is 4.31 Å². The Bertz CT molecular complexity index is 498. The molecule has 1 saturated carbocycles. The van der Waals surface area contributed by atoms with E-state index in [0.29, 0.717) is 19.5 Å². The summed E-state index contributed by atoms with van der Waals surface area (Å²) in [6.45, 7) is 1.11. The molecule has 2 N–H and O–H groups in total. The first kappa shape index (κ1) is 15.5. The highest BCUT2D eigenvalue weighted by Gasteiger charge is 2.32. The van der Waals surface area contributed by atoms with E-state index in [1.807, 2.05) is 30.3 Å². The Labute approximate surface area is 122 Å². The summed E-state index contributed by atoms with van der Waals surface area (Å²) < 4.78 is 26.8. The predicted molar refractivity (Wildman–Crippen MR) is 81.9 cm³/mol. The van der Waals surface area contributed by atoms with Gasteiger partial charge < -0.3 is 5.73 Å². The fourth-order valence-corrected chi connectivity index (χ4v) is 4.28. The van der Waals surface area contributed by atoms with Gasteiger partial charge in [-0.15, -0.1) is 0 Å². The van der Waals surface area contributed by atoms with E-state index in [9.17, 15) is 8.42 Å². The molecule has 1 aromatic rings. The molecule has 0 aliphatic heterocycles. The Balaban J connectivity index is 1.98. The lowest BCUT2D eigenvalue weighted by Crippen LogP contribution is -2.46. The molecule has 0 radical (unpaired) electrons. The van der Waals surface area contributed by atoms with Crippen LogP contribution in [0.4, 0.5) is 0 Å². The van der Waals surface area contributed by atoms with Crippen molar-refractivity contribution >= 4 is 10.0 Å². The van der Waals surface area contributed by atoms with Crippen molar-refractivity contribution in [2.24, 2.45) is 5.73 Å². The summed E-state index contributed by atoms with van der Waals surface area (Å²) in [5, 5.41) is 0. The predicted octanol–water partition coefficient (Wildman–Crippen LogP) is 1.76. The van der Waals surface area contributed by atoms with E-state index in [0.717, 1.165) is 31.2 Å². The monoisotopic (exact) mass is 296 g/mol. The summed E-state index contributed by atoms with van der Waals surface area (Å²) in [4.78, 5) is 0. The first-order valence-corrected chi connectivity index (χ1v) is 8.98. The maximum absolute atomic E-state index is 12.5. The summed E-state index contributed by atoms with van der Waals surface area (Å²) in [5.41, 5.74) is 6.60. The summed E-state index contributed by atoms with van der Waals surface area (Å²) in [6.07, 6.45) is 4.44. The number of rotatable bonds is 8. The molecule has 0 atom stereocenters. The van der Waals surface area contributed by atoms with Crippen LogP contribution in [0.25, 0.3) is 0 Å². The number of nitrogens with two attached hydrogens (primary N) is 1. The minimum atomic E-state index is -3.18. The van der Waals surface area contributed by atoms with Crippen LogP contribution in [-0.2, 0) is 16.4 Å². The quantitative estimate of drug-likeness (QED) is 0.795. The zero-order chi connectivity index (χ0) is 14.4. The first-order chi connectivity index (χ1) is 9.63. The molecule has 4 nitrogen and oxygen atoms in total. The Morgan fingerprint density at radius 3 is 2.45 bits per heavy atom. The molecule has 112 valence electrons. The van der Waals surface area contributed by atoms with Gasteiger partial charge in [0.05, 0.1) is 5.75 Å². The average Bonchev–Trinajstić information content (AvgIpc) is 2.40. The standard InChI is InChI=1S/C15H24N2O2S/c16-11-5-12-17(15-8-4-9-15)20(18,19)13-10-14-6-2-1-3-7-14/h1-3,6-7,15H,4-5,8-13,16H2. The van der Waals surface area contributed by atoms with Gasteiger partial charge in [-0.25, -0.2) is 8.42 Å². The van der Waals surface area contributed by atoms with Crippen molar-refractivity contribution in [1.82, 2.24) is 4.31 Å². The number of hydrogen-bond donors (Lipinski definition) is 1. The summed E-state index contributed by atoms with van der Waals surface area (Å²) in [6, 6.07) is 9.99. The van der Waals surface area contributed by atoms with Gasteiger partial charge in [0.15, 0.2) is 0 Å². The molecular formula is C15H24N2O2S. The van der Waals surface area contributed by atoms with Crippen molar-refractivity contribution in [3.05, 3.63) is 35.9 Å². The fraction of sp³-hybridized carbons (Fsp3) is 0.600. The van der Waals surface area contributed by atoms with Crippen LogP contribution in [0.15, 0.2) is 30.3 Å². The van der Waals surface area contributed by atoms with Crippen LogP contribution in [0.2, 0.25) is 0 Å². The normalized spacial score (nSPS) is 16.3. The fourth-order valence-electron chi connectivity index (χ4n) is 2.48. The SMILES string of the molecule is NCCCN(C1CCC1)S(=O)(=O)CCc1ccccc1. The van der Waals surface area contributed by atoms with Gasteiger partial charge in [0.1, 0.15) is 0 Å². The molecular weight excluding hydrogens is 272 g/mol. The number of benzene rings is 1. The molecule has 0 aromatic heterocycles. The minimum absolute atomic E-state index is 0.193. The van der Waals surface area contributed by atoms with Crippen LogP contribution in [0.3, 0.4) is 0 Å².